The summed E-state index contributed by atoms with van der Waals surface area (Å²) >= 11 is 0. The van der Waals surface area contributed by atoms with Crippen molar-refractivity contribution >= 4 is 27.5 Å². The Balaban J connectivity index is 1.55. The molecule has 1 aliphatic heterocycles. The molecule has 0 bridgehead atoms. The average Bonchev–Trinajstić information content (AvgIpc) is 2.92. The van der Waals surface area contributed by atoms with Crippen LogP contribution in [0.5, 0.6) is 11.5 Å². The molecule has 1 atom stereocenters. The molecule has 1 fully saturated rings. The lowest BCUT2D eigenvalue weighted by molar-refractivity contribution is -0.139. The van der Waals surface area contributed by atoms with E-state index in [1.807, 2.05) is 30.3 Å². The number of hydrogen-bond acceptors (Lipinski definition) is 6. The minimum atomic E-state index is -3.82. The molecule has 2 aromatic carbocycles. The highest BCUT2D eigenvalue weighted by molar-refractivity contribution is 7.92. The van der Waals surface area contributed by atoms with Crippen molar-refractivity contribution < 1.29 is 27.5 Å². The van der Waals surface area contributed by atoms with Gasteiger partial charge in [0.15, 0.2) is 11.5 Å². The van der Waals surface area contributed by atoms with Crippen LogP contribution < -0.4 is 19.1 Å². The van der Waals surface area contributed by atoms with Crippen LogP contribution >= 0.6 is 0 Å². The highest BCUT2D eigenvalue weighted by Gasteiger charge is 2.31. The smallest absolute Gasteiger partial charge is 0.244 e. The average molecular weight is 544 g/mol. The zero-order valence-corrected chi connectivity index (χ0v) is 22.9. The van der Waals surface area contributed by atoms with Crippen molar-refractivity contribution in [3.63, 3.8) is 0 Å². The normalized spacial score (nSPS) is 16.4. The molecular formula is C28H37N3O6S. The summed E-state index contributed by atoms with van der Waals surface area (Å²) in [6.45, 7) is 2.32. The number of carbonyl (C=O) groups is 2. The topological polar surface area (TPSA) is 105 Å². The van der Waals surface area contributed by atoms with Crippen LogP contribution in [0, 0.1) is 0 Å². The standard InChI is InChI=1S/C28H37N3O6S/c1-21(28(33)29-23-11-7-4-8-12-23)30(16-15-22-9-5-3-6-10-22)27(32)20-31(38(2,34)35)24-13-14-25-26(19-24)37-18-17-36-25/h3,5-6,9-10,13-14,19,21,23H,4,7-8,11-12,15-18,20H2,1-2H3,(H,29,33)/t21-/m0/s1. The van der Waals surface area contributed by atoms with E-state index >= 15 is 0 Å². The molecule has 9 nitrogen and oxygen atoms in total. The first kappa shape index (κ1) is 27.8. The summed E-state index contributed by atoms with van der Waals surface area (Å²) in [7, 11) is -3.82. The van der Waals surface area contributed by atoms with E-state index in [9.17, 15) is 18.0 Å². The second kappa shape index (κ2) is 12.5. The van der Waals surface area contributed by atoms with E-state index < -0.39 is 28.5 Å². The lowest BCUT2D eigenvalue weighted by atomic mass is 9.95. The van der Waals surface area contributed by atoms with Gasteiger partial charge in [-0.15, -0.1) is 0 Å². The summed E-state index contributed by atoms with van der Waals surface area (Å²) in [5.41, 5.74) is 1.32. The first-order chi connectivity index (χ1) is 18.2. The van der Waals surface area contributed by atoms with Gasteiger partial charge in [-0.3, -0.25) is 13.9 Å². The number of nitrogens with one attached hydrogen (secondary N) is 1. The van der Waals surface area contributed by atoms with Crippen LogP contribution in [0.3, 0.4) is 0 Å². The van der Waals surface area contributed by atoms with Gasteiger partial charge in [0.05, 0.1) is 11.9 Å². The number of hydrogen-bond donors (Lipinski definition) is 1. The van der Waals surface area contributed by atoms with E-state index in [-0.39, 0.29) is 18.5 Å². The fourth-order valence-corrected chi connectivity index (χ4v) is 5.78. The van der Waals surface area contributed by atoms with Crippen molar-refractivity contribution in [1.82, 2.24) is 10.2 Å². The van der Waals surface area contributed by atoms with E-state index in [4.69, 9.17) is 9.47 Å². The number of carbonyl (C=O) groups excluding carboxylic acids is 2. The minimum Gasteiger partial charge on any atom is -0.486 e. The highest BCUT2D eigenvalue weighted by atomic mass is 32.2. The van der Waals surface area contributed by atoms with Gasteiger partial charge in [0, 0.05) is 18.7 Å². The van der Waals surface area contributed by atoms with E-state index in [0.717, 1.165) is 41.8 Å². The molecule has 2 amide bonds. The SMILES string of the molecule is C[C@@H](C(=O)NC1CCCCC1)N(CCc1ccccc1)C(=O)CN(c1ccc2c(c1)OCCO2)S(C)(=O)=O. The summed E-state index contributed by atoms with van der Waals surface area (Å²) in [4.78, 5) is 28.4. The summed E-state index contributed by atoms with van der Waals surface area (Å²) in [5.74, 6) is 0.282. The molecule has 0 saturated heterocycles. The number of anilines is 1. The maximum atomic E-state index is 13.7. The van der Waals surface area contributed by atoms with Gasteiger partial charge in [-0.05, 0) is 43.9 Å². The predicted octanol–water partition coefficient (Wildman–Crippen LogP) is 3.13. The molecule has 2 aliphatic rings. The van der Waals surface area contributed by atoms with Gasteiger partial charge < -0.3 is 19.7 Å². The maximum absolute atomic E-state index is 13.7. The largest absolute Gasteiger partial charge is 0.486 e. The van der Waals surface area contributed by atoms with Gasteiger partial charge in [-0.1, -0.05) is 49.6 Å². The Hall–Kier alpha value is -3.27. The van der Waals surface area contributed by atoms with Crippen LogP contribution in [0.1, 0.15) is 44.6 Å². The van der Waals surface area contributed by atoms with Gasteiger partial charge in [-0.25, -0.2) is 8.42 Å². The predicted molar refractivity (Wildman–Crippen MR) is 146 cm³/mol. The Kier molecular flexibility index (Phi) is 9.14. The minimum absolute atomic E-state index is 0.106. The first-order valence-corrected chi connectivity index (χ1v) is 15.1. The molecule has 0 unspecified atom stereocenters. The van der Waals surface area contributed by atoms with Crippen molar-refractivity contribution in [2.24, 2.45) is 0 Å². The number of ether oxygens (including phenoxy) is 2. The number of fused-ring (bicyclic) bond motifs is 1. The highest BCUT2D eigenvalue weighted by Crippen LogP contribution is 2.34. The van der Waals surface area contributed by atoms with Crippen molar-refractivity contribution in [3.8, 4) is 11.5 Å². The number of sulfonamides is 1. The Labute approximate surface area is 225 Å². The Morgan fingerprint density at radius 1 is 1.00 bits per heavy atom. The number of rotatable bonds is 10. The zero-order chi connectivity index (χ0) is 27.1. The molecule has 38 heavy (non-hydrogen) atoms. The molecule has 206 valence electrons. The maximum Gasteiger partial charge on any atom is 0.244 e. The fourth-order valence-electron chi connectivity index (χ4n) is 4.94. The number of nitrogens with zero attached hydrogens (tertiary/aromatic N) is 2. The molecule has 0 radical (unpaired) electrons. The molecule has 0 aromatic heterocycles. The molecule has 10 heteroatoms. The molecular weight excluding hydrogens is 506 g/mol. The van der Waals surface area contributed by atoms with Crippen molar-refractivity contribution in [2.45, 2.75) is 57.5 Å². The molecule has 4 rings (SSSR count). The summed E-state index contributed by atoms with van der Waals surface area (Å²) in [6.07, 6.45) is 6.79. The zero-order valence-electron chi connectivity index (χ0n) is 22.1. The van der Waals surface area contributed by atoms with E-state index in [2.05, 4.69) is 5.32 Å². The number of benzene rings is 2. The van der Waals surface area contributed by atoms with Crippen LogP contribution in [-0.4, -0.2) is 69.8 Å². The second-order valence-electron chi connectivity index (χ2n) is 9.94. The molecule has 2 aromatic rings. The summed E-state index contributed by atoms with van der Waals surface area (Å²) in [6, 6.07) is 13.9. The molecule has 0 spiro atoms. The van der Waals surface area contributed by atoms with Gasteiger partial charge >= 0.3 is 0 Å². The van der Waals surface area contributed by atoms with Gasteiger partial charge in [-0.2, -0.15) is 0 Å². The monoisotopic (exact) mass is 543 g/mol. The van der Waals surface area contributed by atoms with E-state index in [0.29, 0.717) is 36.8 Å². The van der Waals surface area contributed by atoms with Crippen LogP contribution in [0.4, 0.5) is 5.69 Å². The van der Waals surface area contributed by atoms with Crippen molar-refractivity contribution in [2.75, 3.05) is 36.9 Å². The molecule has 1 heterocycles. The van der Waals surface area contributed by atoms with Gasteiger partial charge in [0.2, 0.25) is 21.8 Å². The van der Waals surface area contributed by atoms with Gasteiger partial charge in [0.1, 0.15) is 25.8 Å². The van der Waals surface area contributed by atoms with E-state index in [1.165, 1.54) is 11.3 Å². The Morgan fingerprint density at radius 3 is 2.37 bits per heavy atom. The third-order valence-electron chi connectivity index (χ3n) is 7.10. The summed E-state index contributed by atoms with van der Waals surface area (Å²) < 4.78 is 37.8. The molecule has 1 saturated carbocycles. The van der Waals surface area contributed by atoms with Crippen LogP contribution in [0.2, 0.25) is 0 Å². The Bertz CT molecular complexity index is 1210. The van der Waals surface area contributed by atoms with Crippen LogP contribution in [0.25, 0.3) is 0 Å². The third kappa shape index (κ3) is 7.18. The Morgan fingerprint density at radius 2 is 1.68 bits per heavy atom. The van der Waals surface area contributed by atoms with Crippen molar-refractivity contribution in [3.05, 3.63) is 54.1 Å². The lowest BCUT2D eigenvalue weighted by Crippen LogP contribution is -2.53. The first-order valence-electron chi connectivity index (χ1n) is 13.2. The third-order valence-corrected chi connectivity index (χ3v) is 8.24. The van der Waals surface area contributed by atoms with Crippen LogP contribution in [0.15, 0.2) is 48.5 Å². The fraction of sp³-hybridized carbons (Fsp3) is 0.500. The molecule has 1 aliphatic carbocycles. The van der Waals surface area contributed by atoms with Crippen molar-refractivity contribution in [1.29, 1.82) is 0 Å². The van der Waals surface area contributed by atoms with Crippen LogP contribution in [-0.2, 0) is 26.0 Å². The number of amides is 2. The second-order valence-corrected chi connectivity index (χ2v) is 11.8. The quantitative estimate of drug-likeness (QED) is 0.494. The lowest BCUT2D eigenvalue weighted by Gasteiger charge is -2.33. The molecule has 1 N–H and O–H groups in total. The van der Waals surface area contributed by atoms with Gasteiger partial charge in [0.25, 0.3) is 0 Å². The summed E-state index contributed by atoms with van der Waals surface area (Å²) in [5, 5.41) is 3.11. The van der Waals surface area contributed by atoms with E-state index in [1.54, 1.807) is 25.1 Å².